The standard InChI is InChI=1S/C14H17N3O2.ClH/c1-10-2-4-12(5-3-10)19-8-14(18)13(15)6-11-7-16-9-17-11;/h2-5,7,9,13H,6,8,15H2,1H3,(H,16,17);1H/t13-;/m0./s1. The Morgan fingerprint density at radius 1 is 1.40 bits per heavy atom. The maximum atomic E-state index is 11.8. The summed E-state index contributed by atoms with van der Waals surface area (Å²) in [4.78, 5) is 18.6. The van der Waals surface area contributed by atoms with E-state index in [0.717, 1.165) is 11.3 Å². The van der Waals surface area contributed by atoms with E-state index in [9.17, 15) is 4.79 Å². The molecule has 1 atom stereocenters. The van der Waals surface area contributed by atoms with Crippen molar-refractivity contribution in [2.75, 3.05) is 6.61 Å². The minimum Gasteiger partial charge on any atom is -0.486 e. The molecule has 0 aliphatic heterocycles. The lowest BCUT2D eigenvalue weighted by Crippen LogP contribution is -2.36. The molecular weight excluding hydrogens is 278 g/mol. The van der Waals surface area contributed by atoms with Crippen LogP contribution in [0.3, 0.4) is 0 Å². The van der Waals surface area contributed by atoms with Crippen LogP contribution in [0.4, 0.5) is 0 Å². The number of imidazole rings is 1. The number of hydrogen-bond acceptors (Lipinski definition) is 4. The van der Waals surface area contributed by atoms with Crippen molar-refractivity contribution >= 4 is 18.2 Å². The van der Waals surface area contributed by atoms with Crippen molar-refractivity contribution in [2.45, 2.75) is 19.4 Å². The number of halogens is 1. The van der Waals surface area contributed by atoms with Crippen LogP contribution in [-0.4, -0.2) is 28.4 Å². The fraction of sp³-hybridized carbons (Fsp3) is 0.286. The number of rotatable bonds is 6. The van der Waals surface area contributed by atoms with E-state index in [1.165, 1.54) is 0 Å². The van der Waals surface area contributed by atoms with Gasteiger partial charge in [-0.15, -0.1) is 12.4 Å². The van der Waals surface area contributed by atoms with Gasteiger partial charge >= 0.3 is 0 Å². The van der Waals surface area contributed by atoms with E-state index in [4.69, 9.17) is 10.5 Å². The van der Waals surface area contributed by atoms with Gasteiger partial charge in [0, 0.05) is 18.3 Å². The molecule has 0 aliphatic carbocycles. The molecular formula is C14H18ClN3O2. The molecule has 0 unspecified atom stereocenters. The Bertz CT molecular complexity index is 526. The lowest BCUT2D eigenvalue weighted by Gasteiger charge is -2.10. The van der Waals surface area contributed by atoms with E-state index in [1.807, 2.05) is 31.2 Å². The molecule has 3 N–H and O–H groups in total. The zero-order valence-corrected chi connectivity index (χ0v) is 12.0. The lowest BCUT2D eigenvalue weighted by molar-refractivity contribution is -0.122. The molecule has 2 aromatic rings. The van der Waals surface area contributed by atoms with Crippen molar-refractivity contribution in [1.82, 2.24) is 9.97 Å². The molecule has 6 heteroatoms. The van der Waals surface area contributed by atoms with Crippen LogP contribution >= 0.6 is 12.4 Å². The zero-order valence-electron chi connectivity index (χ0n) is 11.2. The van der Waals surface area contributed by atoms with E-state index < -0.39 is 6.04 Å². The molecule has 0 bridgehead atoms. The minimum atomic E-state index is -0.578. The Morgan fingerprint density at radius 2 is 2.10 bits per heavy atom. The van der Waals surface area contributed by atoms with Gasteiger partial charge in [0.2, 0.25) is 0 Å². The van der Waals surface area contributed by atoms with E-state index in [1.54, 1.807) is 12.5 Å². The second-order valence-electron chi connectivity index (χ2n) is 4.46. The summed E-state index contributed by atoms with van der Waals surface area (Å²) < 4.78 is 5.41. The van der Waals surface area contributed by atoms with Crippen molar-refractivity contribution in [2.24, 2.45) is 5.73 Å². The summed E-state index contributed by atoms with van der Waals surface area (Å²) in [5.74, 6) is 0.544. The number of ether oxygens (including phenoxy) is 1. The van der Waals surface area contributed by atoms with Crippen molar-refractivity contribution < 1.29 is 9.53 Å². The Kier molecular flexibility index (Phi) is 6.21. The Morgan fingerprint density at radius 3 is 2.70 bits per heavy atom. The van der Waals surface area contributed by atoms with Gasteiger partial charge in [0.25, 0.3) is 0 Å². The molecule has 0 spiro atoms. The zero-order chi connectivity index (χ0) is 13.7. The van der Waals surface area contributed by atoms with Crippen LogP contribution in [-0.2, 0) is 11.2 Å². The van der Waals surface area contributed by atoms with Gasteiger partial charge in [0.05, 0.1) is 12.4 Å². The van der Waals surface area contributed by atoms with Crippen molar-refractivity contribution in [3.8, 4) is 5.75 Å². The molecule has 0 aliphatic rings. The first-order valence-corrected chi connectivity index (χ1v) is 6.10. The quantitative estimate of drug-likeness (QED) is 0.849. The predicted molar refractivity (Wildman–Crippen MR) is 79.2 cm³/mol. The molecule has 1 heterocycles. The minimum absolute atomic E-state index is 0. The first-order chi connectivity index (χ1) is 9.15. The number of ketones is 1. The summed E-state index contributed by atoms with van der Waals surface area (Å²) in [6.07, 6.45) is 3.67. The van der Waals surface area contributed by atoms with Gasteiger partial charge in [0.1, 0.15) is 12.4 Å². The number of nitrogens with zero attached hydrogens (tertiary/aromatic N) is 1. The van der Waals surface area contributed by atoms with Gasteiger partial charge in [-0.05, 0) is 19.1 Å². The number of carbonyl (C=O) groups excluding carboxylic acids is 1. The number of hydrogen-bond donors (Lipinski definition) is 2. The normalized spacial score (nSPS) is 11.5. The number of carbonyl (C=O) groups is 1. The number of aryl methyl sites for hydroxylation is 1. The van der Waals surface area contributed by atoms with Crippen LogP contribution in [0, 0.1) is 6.92 Å². The molecule has 1 aromatic carbocycles. The summed E-state index contributed by atoms with van der Waals surface area (Å²) in [7, 11) is 0. The molecule has 0 fully saturated rings. The van der Waals surface area contributed by atoms with Crippen molar-refractivity contribution in [1.29, 1.82) is 0 Å². The molecule has 20 heavy (non-hydrogen) atoms. The smallest absolute Gasteiger partial charge is 0.187 e. The highest BCUT2D eigenvalue weighted by molar-refractivity contribution is 5.85. The highest BCUT2D eigenvalue weighted by atomic mass is 35.5. The Balaban J connectivity index is 0.00000200. The van der Waals surface area contributed by atoms with Gasteiger partial charge < -0.3 is 15.5 Å². The molecule has 0 amide bonds. The average Bonchev–Trinajstić information content (AvgIpc) is 2.90. The van der Waals surface area contributed by atoms with Crippen LogP contribution in [0.15, 0.2) is 36.8 Å². The van der Waals surface area contributed by atoms with Crippen LogP contribution in [0.25, 0.3) is 0 Å². The molecule has 108 valence electrons. The molecule has 0 saturated carbocycles. The fourth-order valence-corrected chi connectivity index (χ4v) is 1.64. The van der Waals surface area contributed by atoms with E-state index >= 15 is 0 Å². The summed E-state index contributed by atoms with van der Waals surface area (Å²) in [5.41, 5.74) is 7.81. The van der Waals surface area contributed by atoms with Gasteiger partial charge in [-0.25, -0.2) is 4.98 Å². The summed E-state index contributed by atoms with van der Waals surface area (Å²) in [6.45, 7) is 1.98. The maximum Gasteiger partial charge on any atom is 0.187 e. The van der Waals surface area contributed by atoms with Crippen LogP contribution < -0.4 is 10.5 Å². The predicted octanol–water partition coefficient (Wildman–Crippen LogP) is 1.66. The summed E-state index contributed by atoms with van der Waals surface area (Å²) in [5, 5.41) is 0. The van der Waals surface area contributed by atoms with E-state index in [0.29, 0.717) is 12.2 Å². The molecule has 5 nitrogen and oxygen atoms in total. The third-order valence-electron chi connectivity index (χ3n) is 2.81. The second kappa shape index (κ2) is 7.67. The van der Waals surface area contributed by atoms with E-state index in [-0.39, 0.29) is 24.8 Å². The monoisotopic (exact) mass is 295 g/mol. The van der Waals surface area contributed by atoms with Crippen LogP contribution in [0.1, 0.15) is 11.3 Å². The maximum absolute atomic E-state index is 11.8. The highest BCUT2D eigenvalue weighted by Gasteiger charge is 2.15. The van der Waals surface area contributed by atoms with Crippen LogP contribution in [0.5, 0.6) is 5.75 Å². The second-order valence-corrected chi connectivity index (χ2v) is 4.46. The number of aromatic amines is 1. The Labute approximate surface area is 124 Å². The third-order valence-corrected chi connectivity index (χ3v) is 2.81. The SMILES string of the molecule is Cc1ccc(OCC(=O)[C@@H](N)Cc2cnc[nH]2)cc1.Cl. The number of Topliss-reactive ketones (excluding diaryl/α,β-unsaturated/α-hetero) is 1. The average molecular weight is 296 g/mol. The number of nitrogens with one attached hydrogen (secondary N) is 1. The lowest BCUT2D eigenvalue weighted by atomic mass is 10.1. The highest BCUT2D eigenvalue weighted by Crippen LogP contribution is 2.11. The number of benzene rings is 1. The Hall–Kier alpha value is -1.85. The van der Waals surface area contributed by atoms with Gasteiger partial charge in [-0.2, -0.15) is 0 Å². The molecule has 2 rings (SSSR count). The first kappa shape index (κ1) is 16.2. The van der Waals surface area contributed by atoms with Crippen molar-refractivity contribution in [3.63, 3.8) is 0 Å². The van der Waals surface area contributed by atoms with E-state index in [2.05, 4.69) is 9.97 Å². The first-order valence-electron chi connectivity index (χ1n) is 6.10. The van der Waals surface area contributed by atoms with Crippen molar-refractivity contribution in [3.05, 3.63) is 48.0 Å². The number of nitrogens with two attached hydrogens (primary N) is 1. The molecule has 0 radical (unpaired) electrons. The van der Waals surface area contributed by atoms with Gasteiger partial charge in [-0.1, -0.05) is 17.7 Å². The number of aromatic nitrogens is 2. The molecule has 1 aromatic heterocycles. The largest absolute Gasteiger partial charge is 0.486 e. The summed E-state index contributed by atoms with van der Waals surface area (Å²) in [6, 6.07) is 6.96. The van der Waals surface area contributed by atoms with Crippen LogP contribution in [0.2, 0.25) is 0 Å². The number of H-pyrrole nitrogens is 1. The molecule has 0 saturated heterocycles. The third kappa shape index (κ3) is 4.68. The summed E-state index contributed by atoms with van der Waals surface area (Å²) >= 11 is 0. The van der Waals surface area contributed by atoms with Gasteiger partial charge in [0.15, 0.2) is 5.78 Å². The van der Waals surface area contributed by atoms with Gasteiger partial charge in [-0.3, -0.25) is 4.79 Å². The topological polar surface area (TPSA) is 81.0 Å². The fourth-order valence-electron chi connectivity index (χ4n) is 1.64.